The number of allylic oxidation sites excluding steroid dienone is 1. The summed E-state index contributed by atoms with van der Waals surface area (Å²) in [6.07, 6.45) is 0.292. The fourth-order valence-corrected chi connectivity index (χ4v) is 7.21. The van der Waals surface area contributed by atoms with Gasteiger partial charge in [0, 0.05) is 44.4 Å². The summed E-state index contributed by atoms with van der Waals surface area (Å²) < 4.78 is 0. The van der Waals surface area contributed by atoms with Gasteiger partial charge in [-0.05, 0) is 62.5 Å². The molecule has 4 atom stereocenters. The Balaban J connectivity index is 1.90. The zero-order valence-corrected chi connectivity index (χ0v) is 25.1. The first kappa shape index (κ1) is 30.5. The average molecular weight is 571 g/mol. The largest absolute Gasteiger partial charge is 0.510 e. The second kappa shape index (κ2) is 10.1. The lowest BCUT2D eigenvalue weighted by molar-refractivity contribution is -0.148. The number of fused-ring (bicyclic) bond motifs is 3. The third-order valence-corrected chi connectivity index (χ3v) is 8.41. The first-order valence-corrected chi connectivity index (χ1v) is 13.7. The lowest BCUT2D eigenvalue weighted by Gasteiger charge is -2.50. The Hall–Kier alpha value is -3.41. The maximum absolute atomic E-state index is 14.0. The molecule has 0 saturated carbocycles. The van der Waals surface area contributed by atoms with Crippen molar-refractivity contribution in [1.82, 2.24) is 9.80 Å². The number of hydrogen-bond donors (Lipinski definition) is 5. The number of primary amides is 1. The van der Waals surface area contributed by atoms with Gasteiger partial charge in [-0.1, -0.05) is 20.8 Å². The number of amides is 1. The van der Waals surface area contributed by atoms with E-state index in [0.29, 0.717) is 12.1 Å². The minimum atomic E-state index is -2.65. The Morgan fingerprint density at radius 3 is 2.22 bits per heavy atom. The highest BCUT2D eigenvalue weighted by Gasteiger charge is 2.63. The highest BCUT2D eigenvalue weighted by atomic mass is 16.3. The fourth-order valence-electron chi connectivity index (χ4n) is 7.21. The standard InChI is InChI=1S/C30H42N4O7/c1-29(2,3)13-34(8)12-15-11-18(35)20-16(22(15)32(4)5)9-14-10-17-23(33(6)7)25(37)21(28(31)40)27(39)30(17,41)26(38)19(14)24(20)36/h11,14,17,23,35,37-38,41H,9-10,12-13H2,1-8H3,(H2,31,40)/t14-,17-,23-,30-/m0/s1. The SMILES string of the molecule is CN(Cc1cc(O)c2c(c1N(C)C)C[C@H]1C[C@H]3[C@H](N(C)C)C(O)=C(C(N)=O)C(=O)[C@@]3(O)C(O)=C1C2=O)CC(C)(C)C. The van der Waals surface area contributed by atoms with Gasteiger partial charge in [0.05, 0.1) is 11.6 Å². The van der Waals surface area contributed by atoms with Gasteiger partial charge in [0.25, 0.3) is 5.91 Å². The van der Waals surface area contributed by atoms with Crippen molar-refractivity contribution in [3.8, 4) is 5.75 Å². The molecule has 1 aromatic carbocycles. The molecule has 0 bridgehead atoms. The van der Waals surface area contributed by atoms with Crippen LogP contribution in [0.4, 0.5) is 5.69 Å². The van der Waals surface area contributed by atoms with E-state index in [1.807, 2.05) is 26.0 Å². The predicted octanol–water partition coefficient (Wildman–Crippen LogP) is 1.66. The number of phenols is 1. The van der Waals surface area contributed by atoms with Crippen LogP contribution in [0.15, 0.2) is 28.7 Å². The third-order valence-electron chi connectivity index (χ3n) is 8.41. The molecule has 0 fully saturated rings. The van der Waals surface area contributed by atoms with Crippen molar-refractivity contribution in [2.75, 3.05) is 46.7 Å². The zero-order valence-electron chi connectivity index (χ0n) is 25.1. The van der Waals surface area contributed by atoms with Crippen molar-refractivity contribution in [3.63, 3.8) is 0 Å². The first-order valence-electron chi connectivity index (χ1n) is 13.7. The summed E-state index contributed by atoms with van der Waals surface area (Å²) in [4.78, 5) is 45.2. The second-order valence-electron chi connectivity index (χ2n) is 13.3. The van der Waals surface area contributed by atoms with Gasteiger partial charge in [0.15, 0.2) is 11.4 Å². The van der Waals surface area contributed by atoms with Gasteiger partial charge in [0.1, 0.15) is 22.8 Å². The lowest BCUT2D eigenvalue weighted by atomic mass is 9.58. The van der Waals surface area contributed by atoms with Gasteiger partial charge < -0.3 is 36.0 Å². The van der Waals surface area contributed by atoms with Gasteiger partial charge in [-0.3, -0.25) is 19.3 Å². The number of rotatable bonds is 6. The summed E-state index contributed by atoms with van der Waals surface area (Å²) in [6.45, 7) is 7.73. The molecule has 3 aliphatic rings. The second-order valence-corrected chi connectivity index (χ2v) is 13.3. The molecular formula is C30H42N4O7. The third kappa shape index (κ3) is 4.79. The van der Waals surface area contributed by atoms with Gasteiger partial charge >= 0.3 is 0 Å². The number of nitrogens with zero attached hydrogens (tertiary/aromatic N) is 3. The Kier molecular flexibility index (Phi) is 7.56. The van der Waals surface area contributed by atoms with E-state index in [9.17, 15) is 34.8 Å². The number of carbonyl (C=O) groups excluding carboxylic acids is 3. The molecule has 0 spiro atoms. The molecule has 1 amide bonds. The Bertz CT molecular complexity index is 1390. The molecule has 11 heteroatoms. The summed E-state index contributed by atoms with van der Waals surface area (Å²) in [6, 6.07) is 0.531. The fraction of sp³-hybridized carbons (Fsp3) is 0.567. The van der Waals surface area contributed by atoms with E-state index in [0.717, 1.165) is 17.8 Å². The molecule has 6 N–H and O–H groups in total. The van der Waals surface area contributed by atoms with Gasteiger partial charge in [-0.15, -0.1) is 0 Å². The summed E-state index contributed by atoms with van der Waals surface area (Å²) in [5, 5.41) is 45.3. The van der Waals surface area contributed by atoms with Crippen molar-refractivity contribution in [2.24, 2.45) is 23.0 Å². The summed E-state index contributed by atoms with van der Waals surface area (Å²) in [7, 11) is 8.94. The molecule has 4 rings (SSSR count). The maximum Gasteiger partial charge on any atom is 0.255 e. The quantitative estimate of drug-likeness (QED) is 0.317. The van der Waals surface area contributed by atoms with Crippen molar-refractivity contribution in [3.05, 3.63) is 45.4 Å². The molecule has 0 radical (unpaired) electrons. The van der Waals surface area contributed by atoms with E-state index in [2.05, 4.69) is 25.7 Å². The van der Waals surface area contributed by atoms with E-state index < -0.39 is 58.0 Å². The number of likely N-dealkylation sites (N-methyl/N-ethyl adjacent to an activating group) is 1. The van der Waals surface area contributed by atoms with Gasteiger partial charge in [-0.25, -0.2) is 0 Å². The number of benzene rings is 1. The summed E-state index contributed by atoms with van der Waals surface area (Å²) in [5.41, 5.74) is 4.05. The van der Waals surface area contributed by atoms with Crippen LogP contribution < -0.4 is 10.6 Å². The minimum Gasteiger partial charge on any atom is -0.510 e. The number of nitrogens with two attached hydrogens (primary N) is 1. The molecule has 0 unspecified atom stereocenters. The van der Waals surface area contributed by atoms with Crippen LogP contribution in [0.1, 0.15) is 48.7 Å². The van der Waals surface area contributed by atoms with Gasteiger partial charge in [-0.2, -0.15) is 0 Å². The molecule has 3 aliphatic carbocycles. The molecule has 0 heterocycles. The Labute approximate surface area is 240 Å². The number of aliphatic hydroxyl groups excluding tert-OH is 2. The van der Waals surface area contributed by atoms with E-state index in [1.165, 1.54) is 4.90 Å². The molecule has 11 nitrogen and oxygen atoms in total. The van der Waals surface area contributed by atoms with Crippen molar-refractivity contribution in [1.29, 1.82) is 0 Å². The number of aromatic hydroxyl groups is 1. The first-order chi connectivity index (χ1) is 18.8. The van der Waals surface area contributed by atoms with Crippen LogP contribution in [0.2, 0.25) is 0 Å². The van der Waals surface area contributed by atoms with Crippen molar-refractivity contribution >= 4 is 23.2 Å². The number of Topliss-reactive ketones (excluding diaryl/α,β-unsaturated/α-hetero) is 2. The monoisotopic (exact) mass is 570 g/mol. The average Bonchev–Trinajstić information content (AvgIpc) is 2.79. The highest BCUT2D eigenvalue weighted by molar-refractivity contribution is 6.24. The molecule has 0 saturated heterocycles. The van der Waals surface area contributed by atoms with Crippen LogP contribution in [-0.2, 0) is 22.6 Å². The van der Waals surface area contributed by atoms with Crippen LogP contribution in [-0.4, -0.2) is 101 Å². The number of aliphatic hydroxyl groups is 3. The van der Waals surface area contributed by atoms with Crippen molar-refractivity contribution in [2.45, 2.75) is 51.8 Å². The normalized spacial score (nSPS) is 26.4. The minimum absolute atomic E-state index is 0.0108. The molecular weight excluding hydrogens is 528 g/mol. The molecule has 41 heavy (non-hydrogen) atoms. The lowest BCUT2D eigenvalue weighted by Crippen LogP contribution is -2.63. The van der Waals surface area contributed by atoms with E-state index >= 15 is 0 Å². The van der Waals surface area contributed by atoms with E-state index in [1.54, 1.807) is 20.2 Å². The molecule has 0 aromatic heterocycles. The summed E-state index contributed by atoms with van der Waals surface area (Å²) >= 11 is 0. The molecule has 1 aromatic rings. The highest BCUT2D eigenvalue weighted by Crippen LogP contribution is 2.53. The smallest absolute Gasteiger partial charge is 0.255 e. The molecule has 0 aliphatic heterocycles. The Morgan fingerprint density at radius 2 is 1.71 bits per heavy atom. The number of ketones is 2. The molecule has 224 valence electrons. The van der Waals surface area contributed by atoms with Crippen LogP contribution in [0.5, 0.6) is 5.75 Å². The number of anilines is 1. The maximum atomic E-state index is 14.0. The van der Waals surface area contributed by atoms with E-state index in [-0.39, 0.29) is 35.1 Å². The van der Waals surface area contributed by atoms with Crippen LogP contribution in [0.25, 0.3) is 0 Å². The predicted molar refractivity (Wildman–Crippen MR) is 154 cm³/mol. The van der Waals surface area contributed by atoms with Crippen LogP contribution in [0.3, 0.4) is 0 Å². The van der Waals surface area contributed by atoms with Crippen molar-refractivity contribution < 1.29 is 34.8 Å². The Morgan fingerprint density at radius 1 is 1.10 bits per heavy atom. The van der Waals surface area contributed by atoms with E-state index in [4.69, 9.17) is 5.73 Å². The summed E-state index contributed by atoms with van der Waals surface area (Å²) in [5.74, 6) is -6.57. The topological polar surface area (TPSA) is 168 Å². The van der Waals surface area contributed by atoms with Gasteiger partial charge in [0.2, 0.25) is 5.78 Å². The zero-order chi connectivity index (χ0) is 30.9. The number of hydrogen-bond acceptors (Lipinski definition) is 10. The van der Waals surface area contributed by atoms with Crippen LogP contribution in [0, 0.1) is 17.3 Å². The number of phenolic OH excluding ortho intramolecular Hbond substituents is 1. The number of carbonyl (C=O) groups is 3. The van der Waals surface area contributed by atoms with Crippen LogP contribution >= 0.6 is 0 Å².